The number of halogens is 2. The van der Waals surface area contributed by atoms with E-state index in [-0.39, 0.29) is 5.56 Å². The Hall–Kier alpha value is -1.74. The fraction of sp³-hybridized carbons (Fsp3) is 0.364. The standard InChI is InChI=1S/C11H10ClFN2O5S/c12-21(19,20)9-4-7(3-8(10(9)13)15(17)18)11(16)14-5-6-1-2-6/h3-4,6H,1-2,5H2,(H,14,16). The molecule has 7 nitrogen and oxygen atoms in total. The summed E-state index contributed by atoms with van der Waals surface area (Å²) in [5, 5.41) is 13.3. The summed E-state index contributed by atoms with van der Waals surface area (Å²) >= 11 is 0. The molecule has 1 aliphatic carbocycles. The fourth-order valence-electron chi connectivity index (χ4n) is 1.69. The number of nitrogens with one attached hydrogen (secondary N) is 1. The van der Waals surface area contributed by atoms with Crippen LogP contribution in [0.25, 0.3) is 0 Å². The minimum atomic E-state index is -4.55. The maximum Gasteiger partial charge on any atom is 0.307 e. The molecule has 1 aliphatic rings. The number of amides is 1. The Morgan fingerprint density at radius 3 is 2.57 bits per heavy atom. The second-order valence-corrected chi connectivity index (χ2v) is 7.19. The molecule has 0 aliphatic heterocycles. The Labute approximate surface area is 123 Å². The van der Waals surface area contributed by atoms with E-state index in [2.05, 4.69) is 5.32 Å². The van der Waals surface area contributed by atoms with E-state index in [0.29, 0.717) is 24.6 Å². The topological polar surface area (TPSA) is 106 Å². The van der Waals surface area contributed by atoms with Gasteiger partial charge < -0.3 is 5.32 Å². The van der Waals surface area contributed by atoms with Gasteiger partial charge in [-0.1, -0.05) is 0 Å². The molecule has 0 radical (unpaired) electrons. The molecular formula is C11H10ClFN2O5S. The van der Waals surface area contributed by atoms with Crippen molar-refractivity contribution in [2.75, 3.05) is 6.54 Å². The molecule has 1 aromatic rings. The first-order chi connectivity index (χ1) is 9.70. The van der Waals surface area contributed by atoms with Crippen LogP contribution in [0.1, 0.15) is 23.2 Å². The minimum Gasteiger partial charge on any atom is -0.352 e. The van der Waals surface area contributed by atoms with Gasteiger partial charge in [0.25, 0.3) is 15.0 Å². The van der Waals surface area contributed by atoms with Gasteiger partial charge in [0.2, 0.25) is 5.82 Å². The lowest BCUT2D eigenvalue weighted by atomic mass is 10.1. The number of nitro benzene ring substituents is 1. The second kappa shape index (κ2) is 5.57. The number of hydrogen-bond donors (Lipinski definition) is 1. The molecule has 0 atom stereocenters. The molecule has 1 aromatic carbocycles. The van der Waals surface area contributed by atoms with Crippen molar-refractivity contribution in [3.63, 3.8) is 0 Å². The van der Waals surface area contributed by atoms with E-state index in [1.54, 1.807) is 0 Å². The molecule has 1 amide bonds. The zero-order valence-electron chi connectivity index (χ0n) is 10.5. The highest BCUT2D eigenvalue weighted by molar-refractivity contribution is 8.13. The molecule has 1 saturated carbocycles. The molecule has 21 heavy (non-hydrogen) atoms. The molecule has 0 bridgehead atoms. The molecule has 0 spiro atoms. The van der Waals surface area contributed by atoms with E-state index < -0.39 is 36.3 Å². The molecule has 0 saturated heterocycles. The first-order valence-corrected chi connectivity index (χ1v) is 8.22. The lowest BCUT2D eigenvalue weighted by Crippen LogP contribution is -2.26. The molecule has 2 rings (SSSR count). The molecule has 1 fully saturated rings. The highest BCUT2D eigenvalue weighted by atomic mass is 35.7. The number of benzene rings is 1. The van der Waals surface area contributed by atoms with Gasteiger partial charge in [0, 0.05) is 28.9 Å². The third kappa shape index (κ3) is 3.67. The maximum absolute atomic E-state index is 13.7. The molecule has 0 heterocycles. The van der Waals surface area contributed by atoms with Crippen molar-refractivity contribution in [2.45, 2.75) is 17.7 Å². The lowest BCUT2D eigenvalue weighted by molar-refractivity contribution is -0.387. The van der Waals surface area contributed by atoms with Gasteiger partial charge in [-0.25, -0.2) is 8.42 Å². The summed E-state index contributed by atoms with van der Waals surface area (Å²) in [6, 6.07) is 1.37. The average molecular weight is 337 g/mol. The van der Waals surface area contributed by atoms with Gasteiger partial charge in [-0.3, -0.25) is 14.9 Å². The number of nitro groups is 1. The van der Waals surface area contributed by atoms with Crippen LogP contribution in [-0.2, 0) is 9.05 Å². The smallest absolute Gasteiger partial charge is 0.307 e. The summed E-state index contributed by atoms with van der Waals surface area (Å²) < 4.78 is 36.3. The third-order valence-corrected chi connectivity index (χ3v) is 4.31. The van der Waals surface area contributed by atoms with Gasteiger partial charge >= 0.3 is 5.69 Å². The van der Waals surface area contributed by atoms with Gasteiger partial charge in [0.05, 0.1) is 4.92 Å². The number of nitrogens with zero attached hydrogens (tertiary/aromatic N) is 1. The van der Waals surface area contributed by atoms with Crippen LogP contribution < -0.4 is 5.32 Å². The molecule has 0 unspecified atom stereocenters. The zero-order chi connectivity index (χ0) is 15.8. The van der Waals surface area contributed by atoms with Crippen molar-refractivity contribution in [3.8, 4) is 0 Å². The van der Waals surface area contributed by atoms with Crippen LogP contribution in [0.4, 0.5) is 10.1 Å². The van der Waals surface area contributed by atoms with Crippen LogP contribution in [0.5, 0.6) is 0 Å². The summed E-state index contributed by atoms with van der Waals surface area (Å²) in [6.07, 6.45) is 1.95. The number of hydrogen-bond acceptors (Lipinski definition) is 5. The summed E-state index contributed by atoms with van der Waals surface area (Å²) in [6.45, 7) is 0.382. The monoisotopic (exact) mass is 336 g/mol. The Morgan fingerprint density at radius 2 is 2.10 bits per heavy atom. The van der Waals surface area contributed by atoms with Gasteiger partial charge in [0.15, 0.2) is 0 Å². The van der Waals surface area contributed by atoms with Gasteiger partial charge in [-0.05, 0) is 24.8 Å². The number of rotatable bonds is 5. The van der Waals surface area contributed by atoms with Crippen molar-refractivity contribution in [1.29, 1.82) is 0 Å². The predicted octanol–water partition coefficient (Wildman–Crippen LogP) is 1.80. The fourth-order valence-corrected chi connectivity index (χ4v) is 2.61. The molecule has 0 aromatic heterocycles. The zero-order valence-corrected chi connectivity index (χ0v) is 12.1. The largest absolute Gasteiger partial charge is 0.352 e. The summed E-state index contributed by atoms with van der Waals surface area (Å²) in [7, 11) is 0.481. The van der Waals surface area contributed by atoms with Gasteiger partial charge in [0.1, 0.15) is 4.90 Å². The van der Waals surface area contributed by atoms with Crippen LogP contribution in [0.15, 0.2) is 17.0 Å². The van der Waals surface area contributed by atoms with Crippen molar-refractivity contribution in [1.82, 2.24) is 5.32 Å². The normalized spacial score (nSPS) is 14.8. The first kappa shape index (κ1) is 15.6. The van der Waals surface area contributed by atoms with Crippen LogP contribution in [0, 0.1) is 21.8 Å². The van der Waals surface area contributed by atoms with E-state index in [4.69, 9.17) is 10.7 Å². The molecular weight excluding hydrogens is 327 g/mol. The predicted molar refractivity (Wildman–Crippen MR) is 71.2 cm³/mol. The van der Waals surface area contributed by atoms with Crippen molar-refractivity contribution >= 4 is 31.3 Å². The average Bonchev–Trinajstić information content (AvgIpc) is 3.18. The van der Waals surface area contributed by atoms with E-state index in [1.165, 1.54) is 0 Å². The highest BCUT2D eigenvalue weighted by Crippen LogP contribution is 2.29. The minimum absolute atomic E-state index is 0.331. The second-order valence-electron chi connectivity index (χ2n) is 4.66. The Kier molecular flexibility index (Phi) is 4.15. The van der Waals surface area contributed by atoms with Crippen LogP contribution >= 0.6 is 10.7 Å². The van der Waals surface area contributed by atoms with Crippen molar-refractivity contribution in [2.24, 2.45) is 5.92 Å². The molecule has 1 N–H and O–H groups in total. The van der Waals surface area contributed by atoms with Crippen molar-refractivity contribution < 1.29 is 22.5 Å². The van der Waals surface area contributed by atoms with E-state index in [9.17, 15) is 27.7 Å². The van der Waals surface area contributed by atoms with Gasteiger partial charge in [-0.2, -0.15) is 4.39 Å². The number of carbonyl (C=O) groups excluding carboxylic acids is 1. The van der Waals surface area contributed by atoms with E-state index in [0.717, 1.165) is 12.8 Å². The third-order valence-electron chi connectivity index (χ3n) is 2.99. The SMILES string of the molecule is O=C(NCC1CC1)c1cc([N+](=O)[O-])c(F)c(S(=O)(=O)Cl)c1. The molecule has 114 valence electrons. The summed E-state index contributed by atoms with van der Waals surface area (Å²) in [4.78, 5) is 20.4. The van der Waals surface area contributed by atoms with E-state index in [1.807, 2.05) is 0 Å². The first-order valence-electron chi connectivity index (χ1n) is 5.91. The van der Waals surface area contributed by atoms with E-state index >= 15 is 0 Å². The summed E-state index contributed by atoms with van der Waals surface area (Å²) in [5.41, 5.74) is -1.45. The van der Waals surface area contributed by atoms with Crippen LogP contribution in [0.2, 0.25) is 0 Å². The summed E-state index contributed by atoms with van der Waals surface area (Å²) in [5.74, 6) is -1.94. The Bertz CT molecular complexity index is 718. The molecule has 10 heteroatoms. The highest BCUT2D eigenvalue weighted by Gasteiger charge is 2.29. The lowest BCUT2D eigenvalue weighted by Gasteiger charge is -2.06. The Balaban J connectivity index is 2.43. The van der Waals surface area contributed by atoms with Crippen LogP contribution in [0.3, 0.4) is 0 Å². The maximum atomic E-state index is 13.7. The van der Waals surface area contributed by atoms with Crippen molar-refractivity contribution in [3.05, 3.63) is 33.6 Å². The van der Waals surface area contributed by atoms with Crippen LogP contribution in [-0.4, -0.2) is 25.8 Å². The number of carbonyl (C=O) groups is 1. The quantitative estimate of drug-likeness (QED) is 0.501. The van der Waals surface area contributed by atoms with Gasteiger partial charge in [-0.15, -0.1) is 0 Å². The Morgan fingerprint density at radius 1 is 1.48 bits per heavy atom.